The van der Waals surface area contributed by atoms with Crippen LogP contribution in [0.4, 0.5) is 13.2 Å². The van der Waals surface area contributed by atoms with Gasteiger partial charge in [0.1, 0.15) is 5.75 Å². The second-order valence-corrected chi connectivity index (χ2v) is 2.93. The van der Waals surface area contributed by atoms with Gasteiger partial charge < -0.3 is 4.74 Å². The molecule has 1 rings (SSSR count). The summed E-state index contributed by atoms with van der Waals surface area (Å²) in [7, 11) is 0. The zero-order valence-corrected chi connectivity index (χ0v) is 8.16. The highest BCUT2D eigenvalue weighted by Crippen LogP contribution is 2.23. The molecule has 0 fully saturated rings. The minimum absolute atomic E-state index is 0.254. The number of nitriles is 1. The Hall–Kier alpha value is -1.96. The molecule has 2 nitrogen and oxygen atoms in total. The Labute approximate surface area is 90.6 Å². The van der Waals surface area contributed by atoms with E-state index in [2.05, 4.69) is 4.74 Å². The summed E-state index contributed by atoms with van der Waals surface area (Å²) in [6.07, 6.45) is -1.45. The van der Waals surface area contributed by atoms with E-state index in [1.165, 1.54) is 24.3 Å². The molecule has 1 aromatic carbocycles. The van der Waals surface area contributed by atoms with E-state index in [-0.39, 0.29) is 5.75 Å². The zero-order valence-electron chi connectivity index (χ0n) is 8.16. The fraction of sp³-hybridized carbons (Fsp3) is 0.182. The summed E-state index contributed by atoms with van der Waals surface area (Å²) in [4.78, 5) is 0. The molecule has 0 aromatic heterocycles. The summed E-state index contributed by atoms with van der Waals surface area (Å²) in [5.41, 5.74) is 0.647. The van der Waals surface area contributed by atoms with Gasteiger partial charge in [-0.2, -0.15) is 5.26 Å². The first-order valence-corrected chi connectivity index (χ1v) is 4.40. The van der Waals surface area contributed by atoms with Crippen molar-refractivity contribution in [1.82, 2.24) is 0 Å². The van der Waals surface area contributed by atoms with E-state index in [0.717, 1.165) is 0 Å². The van der Waals surface area contributed by atoms with Crippen molar-refractivity contribution in [2.75, 3.05) is 0 Å². The van der Waals surface area contributed by atoms with Crippen molar-refractivity contribution in [3.63, 3.8) is 0 Å². The van der Waals surface area contributed by atoms with Crippen LogP contribution in [0.5, 0.6) is 5.75 Å². The zero-order chi connectivity index (χ0) is 12.0. The Morgan fingerprint density at radius 3 is 2.75 bits per heavy atom. The predicted octanol–water partition coefficient (Wildman–Crippen LogP) is 3.21. The van der Waals surface area contributed by atoms with Crippen LogP contribution in [-0.4, -0.2) is 6.36 Å². The van der Waals surface area contributed by atoms with E-state index in [4.69, 9.17) is 5.26 Å². The molecule has 0 aliphatic carbocycles. The van der Waals surface area contributed by atoms with E-state index in [1.54, 1.807) is 18.2 Å². The van der Waals surface area contributed by atoms with Crippen molar-refractivity contribution in [3.05, 3.63) is 42.0 Å². The largest absolute Gasteiger partial charge is 0.573 e. The van der Waals surface area contributed by atoms with E-state index >= 15 is 0 Å². The van der Waals surface area contributed by atoms with Gasteiger partial charge in [-0.05, 0) is 24.1 Å². The first kappa shape index (κ1) is 12.1. The van der Waals surface area contributed by atoms with Gasteiger partial charge in [-0.25, -0.2) is 0 Å². The van der Waals surface area contributed by atoms with Gasteiger partial charge in [0.25, 0.3) is 0 Å². The predicted molar refractivity (Wildman–Crippen MR) is 51.6 cm³/mol. The first-order valence-electron chi connectivity index (χ1n) is 4.40. The van der Waals surface area contributed by atoms with Gasteiger partial charge >= 0.3 is 6.36 Å². The lowest BCUT2D eigenvalue weighted by molar-refractivity contribution is -0.274. The van der Waals surface area contributed by atoms with Crippen molar-refractivity contribution in [3.8, 4) is 11.8 Å². The number of alkyl halides is 3. The fourth-order valence-corrected chi connectivity index (χ4v) is 1.12. The molecular formula is C11H8F3NO. The quantitative estimate of drug-likeness (QED) is 0.743. The smallest absolute Gasteiger partial charge is 0.406 e. The molecule has 0 aliphatic heterocycles. The van der Waals surface area contributed by atoms with Crippen LogP contribution in [0.2, 0.25) is 0 Å². The number of benzene rings is 1. The Morgan fingerprint density at radius 1 is 1.38 bits per heavy atom. The normalized spacial score (nSPS) is 11.4. The average Bonchev–Trinajstić information content (AvgIpc) is 2.16. The molecule has 0 N–H and O–H groups in total. The molecule has 0 saturated carbocycles. The maximum Gasteiger partial charge on any atom is 0.573 e. The number of hydrogen-bond acceptors (Lipinski definition) is 2. The maximum absolute atomic E-state index is 11.9. The monoisotopic (exact) mass is 227 g/mol. The van der Waals surface area contributed by atoms with Gasteiger partial charge in [-0.15, -0.1) is 13.2 Å². The van der Waals surface area contributed by atoms with Gasteiger partial charge in [-0.3, -0.25) is 0 Å². The minimum atomic E-state index is -4.68. The van der Waals surface area contributed by atoms with Crippen molar-refractivity contribution < 1.29 is 17.9 Å². The summed E-state index contributed by atoms with van der Waals surface area (Å²) in [5, 5.41) is 8.24. The number of halogens is 3. The fourth-order valence-electron chi connectivity index (χ4n) is 1.12. The van der Waals surface area contributed by atoms with E-state index in [0.29, 0.717) is 12.0 Å². The summed E-state index contributed by atoms with van der Waals surface area (Å²) in [6.45, 7) is 0. The van der Waals surface area contributed by atoms with Crippen molar-refractivity contribution in [1.29, 1.82) is 5.26 Å². The SMILES string of the molecule is N#C/C=C/Cc1cccc(OC(F)(F)F)c1. The molecule has 0 radical (unpaired) electrons. The summed E-state index contributed by atoms with van der Waals surface area (Å²) >= 11 is 0. The van der Waals surface area contributed by atoms with Crippen molar-refractivity contribution in [2.24, 2.45) is 0 Å². The Kier molecular flexibility index (Phi) is 3.95. The molecule has 0 saturated heterocycles. The molecule has 0 aliphatic rings. The highest BCUT2D eigenvalue weighted by molar-refractivity contribution is 5.30. The Morgan fingerprint density at radius 2 is 2.12 bits per heavy atom. The number of ether oxygens (including phenoxy) is 1. The van der Waals surface area contributed by atoms with Gasteiger partial charge in [0.2, 0.25) is 0 Å². The van der Waals surface area contributed by atoms with Crippen LogP contribution >= 0.6 is 0 Å². The first-order chi connectivity index (χ1) is 7.51. The molecular weight excluding hydrogens is 219 g/mol. The lowest BCUT2D eigenvalue weighted by atomic mass is 10.1. The van der Waals surface area contributed by atoms with Gasteiger partial charge in [-0.1, -0.05) is 18.2 Å². The van der Waals surface area contributed by atoms with Crippen LogP contribution in [0.1, 0.15) is 5.56 Å². The van der Waals surface area contributed by atoms with Crippen LogP contribution < -0.4 is 4.74 Å². The van der Waals surface area contributed by atoms with Gasteiger partial charge in [0.15, 0.2) is 0 Å². The molecule has 0 bridgehead atoms. The summed E-state index contributed by atoms with van der Waals surface area (Å²) < 4.78 is 39.5. The lowest BCUT2D eigenvalue weighted by Crippen LogP contribution is -2.17. The molecule has 5 heteroatoms. The van der Waals surface area contributed by atoms with E-state index in [9.17, 15) is 13.2 Å². The van der Waals surface area contributed by atoms with Crippen LogP contribution in [0, 0.1) is 11.3 Å². The van der Waals surface area contributed by atoms with Gasteiger partial charge in [0.05, 0.1) is 6.07 Å². The van der Waals surface area contributed by atoms with Crippen LogP contribution in [0.25, 0.3) is 0 Å². The van der Waals surface area contributed by atoms with Crippen LogP contribution in [0.3, 0.4) is 0 Å². The van der Waals surface area contributed by atoms with Crippen LogP contribution in [-0.2, 0) is 6.42 Å². The second-order valence-electron chi connectivity index (χ2n) is 2.93. The molecule has 1 aromatic rings. The topological polar surface area (TPSA) is 33.0 Å². The molecule has 0 unspecified atom stereocenters. The molecule has 16 heavy (non-hydrogen) atoms. The highest BCUT2D eigenvalue weighted by Gasteiger charge is 2.30. The third kappa shape index (κ3) is 4.51. The lowest BCUT2D eigenvalue weighted by Gasteiger charge is -2.09. The summed E-state index contributed by atoms with van der Waals surface area (Å²) in [6, 6.07) is 7.44. The number of rotatable bonds is 3. The summed E-state index contributed by atoms with van der Waals surface area (Å²) in [5.74, 6) is -0.254. The third-order valence-electron chi connectivity index (χ3n) is 1.68. The van der Waals surface area contributed by atoms with Crippen molar-refractivity contribution >= 4 is 0 Å². The maximum atomic E-state index is 11.9. The van der Waals surface area contributed by atoms with Crippen molar-refractivity contribution in [2.45, 2.75) is 12.8 Å². The van der Waals surface area contributed by atoms with E-state index < -0.39 is 6.36 Å². The molecule has 0 heterocycles. The Bertz CT molecular complexity index is 418. The number of hydrogen-bond donors (Lipinski definition) is 0. The molecule has 0 amide bonds. The van der Waals surface area contributed by atoms with Gasteiger partial charge in [0, 0.05) is 6.08 Å². The highest BCUT2D eigenvalue weighted by atomic mass is 19.4. The average molecular weight is 227 g/mol. The minimum Gasteiger partial charge on any atom is -0.406 e. The molecule has 84 valence electrons. The Balaban J connectivity index is 2.72. The second kappa shape index (κ2) is 5.21. The standard InChI is InChI=1S/C11H8F3NO/c12-11(13,14)16-10-6-3-5-9(8-10)4-1-2-7-15/h1-3,5-6,8H,4H2/b2-1+. The third-order valence-corrected chi connectivity index (χ3v) is 1.68. The van der Waals surface area contributed by atoms with Crippen LogP contribution in [0.15, 0.2) is 36.4 Å². The molecule has 0 atom stereocenters. The number of allylic oxidation sites excluding steroid dienone is 2. The van der Waals surface area contributed by atoms with E-state index in [1.807, 2.05) is 0 Å². The number of nitrogens with zero attached hydrogens (tertiary/aromatic N) is 1. The molecule has 0 spiro atoms.